The predicted octanol–water partition coefficient (Wildman–Crippen LogP) is -1.53. The molecule has 15 heavy (non-hydrogen) atoms. The lowest BCUT2D eigenvalue weighted by Gasteiger charge is -2.20. The number of aliphatic hydroxyl groups is 1. The van der Waals surface area contributed by atoms with Crippen molar-refractivity contribution in [3.05, 3.63) is 0 Å². The Morgan fingerprint density at radius 1 is 1.27 bits per heavy atom. The predicted molar refractivity (Wildman–Crippen MR) is 51.1 cm³/mol. The molecule has 7 heteroatoms. The Morgan fingerprint density at radius 2 is 2.00 bits per heavy atom. The van der Waals surface area contributed by atoms with Gasteiger partial charge in [0, 0.05) is 6.04 Å². The molecule has 5 nitrogen and oxygen atoms in total. The van der Waals surface area contributed by atoms with Crippen LogP contribution >= 0.6 is 0 Å². The van der Waals surface area contributed by atoms with Crippen LogP contribution in [0.5, 0.6) is 0 Å². The molecule has 0 bridgehead atoms. The molecule has 0 aromatic rings. The lowest BCUT2D eigenvalue weighted by molar-refractivity contribution is 0.149. The summed E-state index contributed by atoms with van der Waals surface area (Å²) in [6.07, 6.45) is -2.07. The van der Waals surface area contributed by atoms with Gasteiger partial charge in [0.05, 0.1) is 36.9 Å². The largest absolute Gasteiger partial charge is 0.390 e. The molecule has 2 aliphatic heterocycles. The molecule has 2 heterocycles. The molecule has 0 spiro atoms. The highest BCUT2D eigenvalue weighted by Gasteiger charge is 2.39. The lowest BCUT2D eigenvalue weighted by Crippen LogP contribution is -2.48. The molecule has 88 valence electrons. The van der Waals surface area contributed by atoms with E-state index in [2.05, 4.69) is 5.32 Å². The molecule has 0 radical (unpaired) electrons. The fourth-order valence-corrected chi connectivity index (χ4v) is 3.70. The summed E-state index contributed by atoms with van der Waals surface area (Å²) in [7, 11) is -3.18. The number of ether oxygens (including phenoxy) is 1. The third kappa shape index (κ3) is 2.47. The topological polar surface area (TPSA) is 75.6 Å². The first-order valence-electron chi connectivity index (χ1n) is 4.84. The van der Waals surface area contributed by atoms with Crippen LogP contribution in [0.3, 0.4) is 0 Å². The SMILES string of the molecule is O=S1(=O)CC(N[C@@H]2COC[C@H]2F)[C@H](O)C1. The first-order valence-corrected chi connectivity index (χ1v) is 6.66. The summed E-state index contributed by atoms with van der Waals surface area (Å²) in [5.41, 5.74) is 0. The fraction of sp³-hybridized carbons (Fsp3) is 1.00. The maximum absolute atomic E-state index is 13.1. The molecule has 0 aromatic heterocycles. The zero-order valence-corrected chi connectivity index (χ0v) is 8.91. The van der Waals surface area contributed by atoms with E-state index in [4.69, 9.17) is 4.74 Å². The van der Waals surface area contributed by atoms with Gasteiger partial charge in [-0.1, -0.05) is 0 Å². The van der Waals surface area contributed by atoms with Gasteiger partial charge in [-0.2, -0.15) is 0 Å². The van der Waals surface area contributed by atoms with Gasteiger partial charge in [0.2, 0.25) is 0 Å². The molecular formula is C8H14FNO4S. The quantitative estimate of drug-likeness (QED) is 0.611. The lowest BCUT2D eigenvalue weighted by atomic mass is 10.1. The molecule has 4 atom stereocenters. The van der Waals surface area contributed by atoms with Crippen molar-refractivity contribution in [1.29, 1.82) is 0 Å². The fourth-order valence-electron chi connectivity index (χ4n) is 1.94. The third-order valence-corrected chi connectivity index (χ3v) is 4.48. The van der Waals surface area contributed by atoms with Crippen molar-refractivity contribution < 1.29 is 22.7 Å². The average molecular weight is 239 g/mol. The highest BCUT2D eigenvalue weighted by molar-refractivity contribution is 7.91. The summed E-state index contributed by atoms with van der Waals surface area (Å²) in [6.45, 7) is 0.262. The second-order valence-electron chi connectivity index (χ2n) is 4.08. The molecule has 2 aliphatic rings. The summed E-state index contributed by atoms with van der Waals surface area (Å²) in [5.74, 6) is -0.368. The van der Waals surface area contributed by atoms with Gasteiger partial charge < -0.3 is 15.2 Å². The normalized spacial score (nSPS) is 44.7. The average Bonchev–Trinajstić information content (AvgIpc) is 2.59. The highest BCUT2D eigenvalue weighted by Crippen LogP contribution is 2.16. The van der Waals surface area contributed by atoms with Crippen molar-refractivity contribution in [3.8, 4) is 0 Å². The number of rotatable bonds is 2. The highest BCUT2D eigenvalue weighted by atomic mass is 32.2. The maximum Gasteiger partial charge on any atom is 0.154 e. The zero-order valence-electron chi connectivity index (χ0n) is 8.10. The third-order valence-electron chi connectivity index (χ3n) is 2.76. The Labute approximate surface area is 87.5 Å². The van der Waals surface area contributed by atoms with Gasteiger partial charge in [-0.15, -0.1) is 0 Å². The zero-order chi connectivity index (χ0) is 11.1. The molecule has 0 aliphatic carbocycles. The Morgan fingerprint density at radius 3 is 2.47 bits per heavy atom. The first kappa shape index (κ1) is 11.3. The van der Waals surface area contributed by atoms with Gasteiger partial charge >= 0.3 is 0 Å². The summed E-state index contributed by atoms with van der Waals surface area (Å²) in [4.78, 5) is 0. The van der Waals surface area contributed by atoms with Crippen molar-refractivity contribution in [2.75, 3.05) is 24.7 Å². The van der Waals surface area contributed by atoms with E-state index in [-0.39, 0.29) is 24.7 Å². The standard InChI is InChI=1S/C8H14FNO4S/c9-5-1-14-2-6(5)10-7-3-15(12,13)4-8(7)11/h5-8,10-11H,1-4H2/t5-,6-,7?,8-/m1/s1. The van der Waals surface area contributed by atoms with E-state index >= 15 is 0 Å². The van der Waals surface area contributed by atoms with Crippen molar-refractivity contribution >= 4 is 9.84 Å². The van der Waals surface area contributed by atoms with E-state index in [1.54, 1.807) is 0 Å². The minimum Gasteiger partial charge on any atom is -0.390 e. The number of hydrogen-bond acceptors (Lipinski definition) is 5. The minimum atomic E-state index is -3.18. The Bertz CT molecular complexity index is 334. The smallest absolute Gasteiger partial charge is 0.154 e. The van der Waals surface area contributed by atoms with Crippen LogP contribution in [0.1, 0.15) is 0 Å². The van der Waals surface area contributed by atoms with Crippen LogP contribution in [0.2, 0.25) is 0 Å². The van der Waals surface area contributed by atoms with Crippen molar-refractivity contribution in [1.82, 2.24) is 5.32 Å². The monoisotopic (exact) mass is 239 g/mol. The molecule has 0 amide bonds. The Balaban J connectivity index is 1.95. The van der Waals surface area contributed by atoms with E-state index in [1.165, 1.54) is 0 Å². The number of halogens is 1. The van der Waals surface area contributed by atoms with E-state index in [9.17, 15) is 17.9 Å². The molecule has 0 aromatic carbocycles. The van der Waals surface area contributed by atoms with Crippen molar-refractivity contribution in [2.24, 2.45) is 0 Å². The van der Waals surface area contributed by atoms with Crippen LogP contribution < -0.4 is 5.32 Å². The van der Waals surface area contributed by atoms with Gasteiger partial charge in [-0.25, -0.2) is 12.8 Å². The van der Waals surface area contributed by atoms with Crippen LogP contribution in [0.15, 0.2) is 0 Å². The summed E-state index contributed by atoms with van der Waals surface area (Å²) in [6, 6.07) is -1.07. The van der Waals surface area contributed by atoms with Crippen LogP contribution in [0.4, 0.5) is 4.39 Å². The molecule has 2 fully saturated rings. The second-order valence-corrected chi connectivity index (χ2v) is 6.23. The van der Waals surface area contributed by atoms with Crippen LogP contribution in [0, 0.1) is 0 Å². The summed E-state index contributed by atoms with van der Waals surface area (Å²) < 4.78 is 40.4. The van der Waals surface area contributed by atoms with E-state index in [0.717, 1.165) is 0 Å². The number of sulfone groups is 1. The van der Waals surface area contributed by atoms with Crippen LogP contribution in [-0.4, -0.2) is 62.6 Å². The Kier molecular flexibility index (Phi) is 2.98. The minimum absolute atomic E-state index is 0.0350. The summed E-state index contributed by atoms with van der Waals surface area (Å²) >= 11 is 0. The van der Waals surface area contributed by atoms with Gasteiger partial charge in [-0.3, -0.25) is 0 Å². The van der Waals surface area contributed by atoms with Gasteiger partial charge in [0.15, 0.2) is 9.84 Å². The van der Waals surface area contributed by atoms with E-state index < -0.39 is 34.2 Å². The number of aliphatic hydroxyl groups excluding tert-OH is 1. The van der Waals surface area contributed by atoms with Crippen molar-refractivity contribution in [3.63, 3.8) is 0 Å². The number of hydrogen-bond donors (Lipinski definition) is 2. The van der Waals surface area contributed by atoms with E-state index in [1.807, 2.05) is 0 Å². The molecule has 2 N–H and O–H groups in total. The van der Waals surface area contributed by atoms with Crippen LogP contribution in [-0.2, 0) is 14.6 Å². The number of nitrogens with one attached hydrogen (secondary N) is 1. The maximum atomic E-state index is 13.1. The molecule has 2 rings (SSSR count). The molecular weight excluding hydrogens is 225 g/mol. The van der Waals surface area contributed by atoms with Gasteiger partial charge in [0.25, 0.3) is 0 Å². The van der Waals surface area contributed by atoms with Crippen molar-refractivity contribution in [2.45, 2.75) is 24.4 Å². The summed E-state index contributed by atoms with van der Waals surface area (Å²) in [5, 5.41) is 12.3. The Hall–Kier alpha value is -0.240. The molecule has 0 saturated carbocycles. The second kappa shape index (κ2) is 3.97. The molecule has 2 saturated heterocycles. The van der Waals surface area contributed by atoms with Gasteiger partial charge in [-0.05, 0) is 0 Å². The number of alkyl halides is 1. The first-order chi connectivity index (χ1) is 6.98. The van der Waals surface area contributed by atoms with Gasteiger partial charge in [0.1, 0.15) is 6.17 Å². The van der Waals surface area contributed by atoms with Crippen LogP contribution in [0.25, 0.3) is 0 Å². The molecule has 1 unspecified atom stereocenters. The van der Waals surface area contributed by atoms with E-state index in [0.29, 0.717) is 0 Å².